The molecule has 24 heavy (non-hydrogen) atoms. The van der Waals surface area contributed by atoms with Crippen LogP contribution in [0.3, 0.4) is 0 Å². The van der Waals surface area contributed by atoms with Gasteiger partial charge in [0.2, 0.25) is 0 Å². The number of hydrogen-bond acceptors (Lipinski definition) is 3. The SMILES string of the molecule is Cc1c(C(C)NC(C)c2nccn2C)cnn1-c1ccc(F)cc1. The fraction of sp³-hybridized carbons (Fsp3) is 0.333. The smallest absolute Gasteiger partial charge is 0.125 e. The van der Waals surface area contributed by atoms with E-state index in [-0.39, 0.29) is 17.9 Å². The highest BCUT2D eigenvalue weighted by Gasteiger charge is 2.18. The van der Waals surface area contributed by atoms with Crippen molar-refractivity contribution in [1.82, 2.24) is 24.6 Å². The van der Waals surface area contributed by atoms with E-state index < -0.39 is 0 Å². The molecule has 2 aromatic heterocycles. The van der Waals surface area contributed by atoms with E-state index >= 15 is 0 Å². The van der Waals surface area contributed by atoms with Gasteiger partial charge in [-0.05, 0) is 45.0 Å². The second-order valence-corrected chi connectivity index (χ2v) is 6.08. The lowest BCUT2D eigenvalue weighted by atomic mass is 10.1. The Morgan fingerprint density at radius 1 is 1.12 bits per heavy atom. The number of aromatic nitrogens is 4. The van der Waals surface area contributed by atoms with Crippen LogP contribution in [-0.2, 0) is 7.05 Å². The molecule has 0 amide bonds. The van der Waals surface area contributed by atoms with E-state index in [2.05, 4.69) is 29.2 Å². The van der Waals surface area contributed by atoms with Crippen molar-refractivity contribution in [2.45, 2.75) is 32.9 Å². The van der Waals surface area contributed by atoms with Crippen molar-refractivity contribution in [3.05, 3.63) is 65.8 Å². The third-order valence-corrected chi connectivity index (χ3v) is 4.33. The van der Waals surface area contributed by atoms with Gasteiger partial charge >= 0.3 is 0 Å². The Morgan fingerprint density at radius 2 is 1.83 bits per heavy atom. The Balaban J connectivity index is 1.80. The van der Waals surface area contributed by atoms with Crippen molar-refractivity contribution in [2.24, 2.45) is 7.05 Å². The first-order chi connectivity index (χ1) is 11.5. The summed E-state index contributed by atoms with van der Waals surface area (Å²) in [5.41, 5.74) is 3.00. The summed E-state index contributed by atoms with van der Waals surface area (Å²) >= 11 is 0. The van der Waals surface area contributed by atoms with Gasteiger partial charge in [0, 0.05) is 36.7 Å². The molecule has 0 fully saturated rings. The van der Waals surface area contributed by atoms with E-state index in [0.29, 0.717) is 0 Å². The van der Waals surface area contributed by atoms with Crippen LogP contribution in [0.15, 0.2) is 42.9 Å². The average molecular weight is 327 g/mol. The Hall–Kier alpha value is -2.47. The number of aryl methyl sites for hydroxylation is 1. The van der Waals surface area contributed by atoms with Gasteiger partial charge in [0.05, 0.1) is 17.9 Å². The van der Waals surface area contributed by atoms with E-state index in [0.717, 1.165) is 22.8 Å². The van der Waals surface area contributed by atoms with E-state index in [1.165, 1.54) is 12.1 Å². The maximum absolute atomic E-state index is 13.1. The van der Waals surface area contributed by atoms with Crippen LogP contribution >= 0.6 is 0 Å². The third-order valence-electron chi connectivity index (χ3n) is 4.33. The molecule has 0 aliphatic heterocycles. The van der Waals surface area contributed by atoms with Gasteiger partial charge in [0.25, 0.3) is 0 Å². The van der Waals surface area contributed by atoms with Crippen LogP contribution in [0.2, 0.25) is 0 Å². The molecule has 0 aliphatic rings. The highest BCUT2D eigenvalue weighted by atomic mass is 19.1. The minimum Gasteiger partial charge on any atom is -0.337 e. The Bertz CT molecular complexity index is 818. The molecule has 5 nitrogen and oxygen atoms in total. The van der Waals surface area contributed by atoms with Crippen LogP contribution in [0.4, 0.5) is 4.39 Å². The summed E-state index contributed by atoms with van der Waals surface area (Å²) in [6.07, 6.45) is 5.60. The lowest BCUT2D eigenvalue weighted by molar-refractivity contribution is 0.466. The Morgan fingerprint density at radius 3 is 2.46 bits per heavy atom. The number of halogens is 1. The molecule has 2 unspecified atom stereocenters. The molecule has 6 heteroatoms. The van der Waals surface area contributed by atoms with Gasteiger partial charge < -0.3 is 9.88 Å². The van der Waals surface area contributed by atoms with Crippen molar-refractivity contribution >= 4 is 0 Å². The average Bonchev–Trinajstić information content (AvgIpc) is 3.14. The number of imidazole rings is 1. The summed E-state index contributed by atoms with van der Waals surface area (Å²) < 4.78 is 16.9. The molecule has 3 rings (SSSR count). The predicted octanol–water partition coefficient (Wildman–Crippen LogP) is 3.47. The Labute approximate surface area is 141 Å². The van der Waals surface area contributed by atoms with E-state index in [4.69, 9.17) is 0 Å². The standard InChI is InChI=1S/C18H22FN5/c1-12(22-13(2)18-20-9-10-23(18)4)17-11-21-24(14(17)3)16-7-5-15(19)6-8-16/h5-13,22H,1-4H3. The Kier molecular flexibility index (Phi) is 4.49. The van der Waals surface area contributed by atoms with E-state index in [9.17, 15) is 4.39 Å². The van der Waals surface area contributed by atoms with Gasteiger partial charge in [-0.2, -0.15) is 5.10 Å². The second kappa shape index (κ2) is 6.57. The van der Waals surface area contributed by atoms with Crippen LogP contribution in [0.1, 0.15) is 43.0 Å². The number of hydrogen-bond donors (Lipinski definition) is 1. The maximum atomic E-state index is 13.1. The normalized spacial score (nSPS) is 13.9. The van der Waals surface area contributed by atoms with Crippen LogP contribution in [-0.4, -0.2) is 19.3 Å². The molecule has 2 heterocycles. The maximum Gasteiger partial charge on any atom is 0.125 e. The van der Waals surface area contributed by atoms with E-state index in [1.54, 1.807) is 18.3 Å². The number of benzene rings is 1. The molecule has 0 saturated carbocycles. The first kappa shape index (κ1) is 16.4. The molecule has 126 valence electrons. The van der Waals surface area contributed by atoms with Crippen molar-refractivity contribution in [2.75, 3.05) is 0 Å². The van der Waals surface area contributed by atoms with Crippen LogP contribution < -0.4 is 5.32 Å². The molecule has 1 N–H and O–H groups in total. The van der Waals surface area contributed by atoms with Gasteiger partial charge in [-0.15, -0.1) is 0 Å². The molecule has 0 saturated heterocycles. The van der Waals surface area contributed by atoms with Crippen molar-refractivity contribution in [3.8, 4) is 5.69 Å². The molecule has 0 spiro atoms. The summed E-state index contributed by atoms with van der Waals surface area (Å²) in [4.78, 5) is 4.39. The highest BCUT2D eigenvalue weighted by molar-refractivity contribution is 5.35. The van der Waals surface area contributed by atoms with Crippen LogP contribution in [0.5, 0.6) is 0 Å². The van der Waals surface area contributed by atoms with E-state index in [1.807, 2.05) is 35.6 Å². The third kappa shape index (κ3) is 3.10. The summed E-state index contributed by atoms with van der Waals surface area (Å²) in [6, 6.07) is 6.59. The first-order valence-corrected chi connectivity index (χ1v) is 8.01. The minimum atomic E-state index is -0.247. The summed E-state index contributed by atoms with van der Waals surface area (Å²) in [5, 5.41) is 8.02. The zero-order valence-electron chi connectivity index (χ0n) is 14.4. The molecule has 1 aromatic carbocycles. The summed E-state index contributed by atoms with van der Waals surface area (Å²) in [6.45, 7) is 6.23. The van der Waals surface area contributed by atoms with Gasteiger partial charge in [-0.3, -0.25) is 0 Å². The van der Waals surface area contributed by atoms with Gasteiger partial charge in [-0.1, -0.05) is 0 Å². The predicted molar refractivity (Wildman–Crippen MR) is 91.4 cm³/mol. The van der Waals surface area contributed by atoms with Gasteiger partial charge in [-0.25, -0.2) is 14.1 Å². The molecule has 3 aromatic rings. The lowest BCUT2D eigenvalue weighted by Gasteiger charge is -2.20. The lowest BCUT2D eigenvalue weighted by Crippen LogP contribution is -2.25. The topological polar surface area (TPSA) is 47.7 Å². The van der Waals surface area contributed by atoms with Crippen molar-refractivity contribution in [1.29, 1.82) is 0 Å². The quantitative estimate of drug-likeness (QED) is 0.780. The number of nitrogens with zero attached hydrogens (tertiary/aromatic N) is 4. The molecule has 2 atom stereocenters. The zero-order chi connectivity index (χ0) is 17.3. The summed E-state index contributed by atoms with van der Waals surface area (Å²) in [5.74, 6) is 0.744. The number of rotatable bonds is 5. The van der Waals surface area contributed by atoms with Crippen molar-refractivity contribution < 1.29 is 4.39 Å². The van der Waals surface area contributed by atoms with Crippen LogP contribution in [0.25, 0.3) is 5.69 Å². The first-order valence-electron chi connectivity index (χ1n) is 8.01. The number of nitrogens with one attached hydrogen (secondary N) is 1. The minimum absolute atomic E-state index is 0.117. The fourth-order valence-electron chi connectivity index (χ4n) is 3.02. The van der Waals surface area contributed by atoms with Crippen LogP contribution in [0, 0.1) is 12.7 Å². The second-order valence-electron chi connectivity index (χ2n) is 6.08. The summed E-state index contributed by atoms with van der Waals surface area (Å²) in [7, 11) is 1.99. The zero-order valence-corrected chi connectivity index (χ0v) is 14.4. The highest BCUT2D eigenvalue weighted by Crippen LogP contribution is 2.23. The van der Waals surface area contributed by atoms with Gasteiger partial charge in [0.15, 0.2) is 0 Å². The van der Waals surface area contributed by atoms with Gasteiger partial charge in [0.1, 0.15) is 11.6 Å². The monoisotopic (exact) mass is 327 g/mol. The molecular formula is C18H22FN5. The van der Waals surface area contributed by atoms with Crippen molar-refractivity contribution in [3.63, 3.8) is 0 Å². The fourth-order valence-corrected chi connectivity index (χ4v) is 3.02. The molecule has 0 radical (unpaired) electrons. The molecular weight excluding hydrogens is 305 g/mol. The molecule has 0 bridgehead atoms. The largest absolute Gasteiger partial charge is 0.337 e. The molecule has 0 aliphatic carbocycles.